The van der Waals surface area contributed by atoms with Crippen molar-refractivity contribution in [1.29, 1.82) is 0 Å². The Hall–Kier alpha value is -1.72. The molecule has 1 aliphatic rings. The van der Waals surface area contributed by atoms with Gasteiger partial charge in [-0.15, -0.1) is 19.0 Å². The Morgan fingerprint density at radius 2 is 2.27 bits per heavy atom. The predicted molar refractivity (Wildman–Crippen MR) is 88.8 cm³/mol. The summed E-state index contributed by atoms with van der Waals surface area (Å²) in [5.41, 5.74) is 6.89. The fourth-order valence-corrected chi connectivity index (χ4v) is 2.37. The van der Waals surface area contributed by atoms with Gasteiger partial charge in [0.25, 0.3) is 5.91 Å². The first-order chi connectivity index (χ1) is 10.1. The molecule has 1 amide bonds. The minimum Gasteiger partial charge on any atom is -0.493 e. The van der Waals surface area contributed by atoms with Crippen LogP contribution in [0.2, 0.25) is 0 Å². The molecular formula is C16H23ClN2O3. The quantitative estimate of drug-likeness (QED) is 0.809. The third-order valence-electron chi connectivity index (χ3n) is 3.54. The van der Waals surface area contributed by atoms with E-state index in [9.17, 15) is 4.79 Å². The lowest BCUT2D eigenvalue weighted by atomic mass is 10.1. The number of carbonyl (C=O) groups excluding carboxylic acids is 1. The molecule has 2 rings (SSSR count). The van der Waals surface area contributed by atoms with E-state index in [2.05, 4.69) is 6.58 Å². The smallest absolute Gasteiger partial charge is 0.260 e. The standard InChI is InChI=1S/C16H22N2O3.ClH/c1-3-4-12-5-6-14(15(9-12)20-2)21-11-16(19)18-8-7-13(17)10-18;/h3,5-6,9,13H,1,4,7-8,10-11,17H2,2H3;1H/t13-;/m1./s1. The third-order valence-corrected chi connectivity index (χ3v) is 3.54. The third kappa shape index (κ3) is 4.64. The number of ether oxygens (including phenoxy) is 2. The van der Waals surface area contributed by atoms with Crippen LogP contribution in [0.3, 0.4) is 0 Å². The topological polar surface area (TPSA) is 64.8 Å². The zero-order valence-electron chi connectivity index (χ0n) is 12.8. The van der Waals surface area contributed by atoms with E-state index in [4.69, 9.17) is 15.2 Å². The SMILES string of the molecule is C=CCc1ccc(OCC(=O)N2CC[C@@H](N)C2)c(OC)c1.Cl. The minimum absolute atomic E-state index is 0. The minimum atomic E-state index is -0.0415. The van der Waals surface area contributed by atoms with Gasteiger partial charge in [0.05, 0.1) is 7.11 Å². The van der Waals surface area contributed by atoms with Crippen LogP contribution >= 0.6 is 12.4 Å². The summed E-state index contributed by atoms with van der Waals surface area (Å²) in [4.78, 5) is 13.8. The van der Waals surface area contributed by atoms with Crippen LogP contribution < -0.4 is 15.2 Å². The predicted octanol–water partition coefficient (Wildman–Crippen LogP) is 1.78. The molecular weight excluding hydrogens is 304 g/mol. The van der Waals surface area contributed by atoms with Crippen LogP contribution in [0.25, 0.3) is 0 Å². The molecule has 22 heavy (non-hydrogen) atoms. The molecule has 0 saturated carbocycles. The van der Waals surface area contributed by atoms with E-state index in [0.29, 0.717) is 24.6 Å². The van der Waals surface area contributed by atoms with Crippen molar-refractivity contribution in [3.05, 3.63) is 36.4 Å². The van der Waals surface area contributed by atoms with Crippen LogP contribution in [-0.2, 0) is 11.2 Å². The fourth-order valence-electron chi connectivity index (χ4n) is 2.37. The average molecular weight is 327 g/mol. The van der Waals surface area contributed by atoms with Gasteiger partial charge in [-0.25, -0.2) is 0 Å². The van der Waals surface area contributed by atoms with Crippen LogP contribution in [0.1, 0.15) is 12.0 Å². The summed E-state index contributed by atoms with van der Waals surface area (Å²) in [7, 11) is 1.58. The lowest BCUT2D eigenvalue weighted by Crippen LogP contribution is -2.35. The van der Waals surface area contributed by atoms with Crippen molar-refractivity contribution in [3.63, 3.8) is 0 Å². The molecule has 1 fully saturated rings. The highest BCUT2D eigenvalue weighted by molar-refractivity contribution is 5.85. The van der Waals surface area contributed by atoms with E-state index in [0.717, 1.165) is 18.4 Å². The van der Waals surface area contributed by atoms with Crippen molar-refractivity contribution in [3.8, 4) is 11.5 Å². The number of likely N-dealkylation sites (tertiary alicyclic amines) is 1. The van der Waals surface area contributed by atoms with E-state index in [1.165, 1.54) is 0 Å². The summed E-state index contributed by atoms with van der Waals surface area (Å²) in [5, 5.41) is 0. The molecule has 1 aromatic carbocycles. The first-order valence-corrected chi connectivity index (χ1v) is 7.08. The summed E-state index contributed by atoms with van der Waals surface area (Å²) in [6.45, 7) is 5.03. The second-order valence-corrected chi connectivity index (χ2v) is 5.16. The van der Waals surface area contributed by atoms with E-state index >= 15 is 0 Å². The molecule has 5 nitrogen and oxygen atoms in total. The number of halogens is 1. The van der Waals surface area contributed by atoms with Gasteiger partial charge in [0.2, 0.25) is 0 Å². The maximum Gasteiger partial charge on any atom is 0.260 e. The van der Waals surface area contributed by atoms with Crippen molar-refractivity contribution < 1.29 is 14.3 Å². The molecule has 0 radical (unpaired) electrons. The number of hydrogen-bond donors (Lipinski definition) is 1. The average Bonchev–Trinajstić information content (AvgIpc) is 2.92. The van der Waals surface area contributed by atoms with Gasteiger partial charge in [-0.3, -0.25) is 4.79 Å². The molecule has 1 atom stereocenters. The Morgan fingerprint density at radius 1 is 1.50 bits per heavy atom. The molecule has 1 aromatic rings. The van der Waals surface area contributed by atoms with Crippen molar-refractivity contribution in [2.45, 2.75) is 18.9 Å². The summed E-state index contributed by atoms with van der Waals surface area (Å²) in [5.74, 6) is 1.16. The lowest BCUT2D eigenvalue weighted by Gasteiger charge is -2.17. The Labute approximate surface area is 137 Å². The molecule has 0 bridgehead atoms. The molecule has 0 spiro atoms. The number of allylic oxidation sites excluding steroid dienone is 1. The van der Waals surface area contributed by atoms with Crippen LogP contribution in [0.5, 0.6) is 11.5 Å². The van der Waals surface area contributed by atoms with Crippen molar-refractivity contribution in [1.82, 2.24) is 4.90 Å². The Morgan fingerprint density at radius 3 is 2.86 bits per heavy atom. The first-order valence-electron chi connectivity index (χ1n) is 7.08. The fraction of sp³-hybridized carbons (Fsp3) is 0.438. The Balaban J connectivity index is 0.00000242. The van der Waals surface area contributed by atoms with Gasteiger partial charge in [0, 0.05) is 19.1 Å². The van der Waals surface area contributed by atoms with E-state index in [-0.39, 0.29) is 31.0 Å². The van der Waals surface area contributed by atoms with E-state index in [1.54, 1.807) is 12.0 Å². The number of methoxy groups -OCH3 is 1. The van der Waals surface area contributed by atoms with Crippen molar-refractivity contribution in [2.75, 3.05) is 26.8 Å². The zero-order chi connectivity index (χ0) is 15.2. The zero-order valence-corrected chi connectivity index (χ0v) is 13.6. The monoisotopic (exact) mass is 326 g/mol. The molecule has 1 heterocycles. The maximum atomic E-state index is 12.0. The number of amides is 1. The highest BCUT2D eigenvalue weighted by atomic mass is 35.5. The van der Waals surface area contributed by atoms with Crippen LogP contribution in [0.15, 0.2) is 30.9 Å². The summed E-state index contributed by atoms with van der Waals surface area (Å²) in [6.07, 6.45) is 3.45. The molecule has 122 valence electrons. The number of hydrogen-bond acceptors (Lipinski definition) is 4. The van der Waals surface area contributed by atoms with Gasteiger partial charge in [-0.2, -0.15) is 0 Å². The molecule has 2 N–H and O–H groups in total. The van der Waals surface area contributed by atoms with Crippen molar-refractivity contribution >= 4 is 18.3 Å². The number of nitrogens with two attached hydrogens (primary N) is 1. The Bertz CT molecular complexity index is 522. The molecule has 6 heteroatoms. The van der Waals surface area contributed by atoms with Crippen LogP contribution in [0.4, 0.5) is 0 Å². The molecule has 1 saturated heterocycles. The summed E-state index contributed by atoms with van der Waals surface area (Å²) >= 11 is 0. The van der Waals surface area contributed by atoms with E-state index in [1.807, 2.05) is 24.3 Å². The molecule has 0 unspecified atom stereocenters. The number of nitrogens with zero attached hydrogens (tertiary/aromatic N) is 1. The number of benzene rings is 1. The maximum absolute atomic E-state index is 12.0. The normalized spacial score (nSPS) is 16.8. The van der Waals surface area contributed by atoms with E-state index < -0.39 is 0 Å². The highest BCUT2D eigenvalue weighted by Crippen LogP contribution is 2.28. The lowest BCUT2D eigenvalue weighted by molar-refractivity contribution is -0.132. The summed E-state index contributed by atoms with van der Waals surface area (Å²) < 4.78 is 10.9. The number of carbonyl (C=O) groups is 1. The molecule has 1 aliphatic heterocycles. The van der Waals surface area contributed by atoms with Gasteiger partial charge in [0.1, 0.15) is 0 Å². The van der Waals surface area contributed by atoms with Gasteiger partial charge in [-0.05, 0) is 30.5 Å². The summed E-state index contributed by atoms with van der Waals surface area (Å²) in [6, 6.07) is 5.74. The highest BCUT2D eigenvalue weighted by Gasteiger charge is 2.23. The second kappa shape index (κ2) is 8.66. The van der Waals surface area contributed by atoms with Gasteiger partial charge in [-0.1, -0.05) is 12.1 Å². The molecule has 0 aromatic heterocycles. The largest absolute Gasteiger partial charge is 0.493 e. The molecule has 0 aliphatic carbocycles. The van der Waals surface area contributed by atoms with Crippen LogP contribution in [-0.4, -0.2) is 43.7 Å². The first kappa shape index (κ1) is 18.3. The van der Waals surface area contributed by atoms with Gasteiger partial charge >= 0.3 is 0 Å². The van der Waals surface area contributed by atoms with Crippen LogP contribution in [0, 0.1) is 0 Å². The number of rotatable bonds is 6. The van der Waals surface area contributed by atoms with Gasteiger partial charge in [0.15, 0.2) is 18.1 Å². The van der Waals surface area contributed by atoms with Gasteiger partial charge < -0.3 is 20.1 Å². The van der Waals surface area contributed by atoms with Crippen molar-refractivity contribution in [2.24, 2.45) is 5.73 Å². The Kier molecular flexibility index (Phi) is 7.21. The second-order valence-electron chi connectivity index (χ2n) is 5.16.